The maximum Gasteiger partial charge on any atom is 0.401 e. The minimum Gasteiger partial charge on any atom is -0.313 e. The first-order valence-corrected chi connectivity index (χ1v) is 6.45. The molecule has 104 valence electrons. The molecule has 1 atom stereocenters. The molecule has 1 unspecified atom stereocenters. The van der Waals surface area contributed by atoms with Crippen molar-refractivity contribution in [3.8, 4) is 0 Å². The summed E-state index contributed by atoms with van der Waals surface area (Å²) in [6, 6.07) is 0.156. The first kappa shape index (κ1) is 16.7. The Balaban J connectivity index is 4.19. The molecule has 0 aliphatic rings. The molecule has 0 spiro atoms. The molecule has 0 radical (unpaired) electrons. The van der Waals surface area contributed by atoms with E-state index in [1.165, 1.54) is 4.90 Å². The zero-order valence-electron chi connectivity index (χ0n) is 11.1. The highest BCUT2D eigenvalue weighted by Crippen LogP contribution is 2.17. The van der Waals surface area contributed by atoms with Crippen LogP contribution in [-0.4, -0.2) is 43.3 Å². The summed E-state index contributed by atoms with van der Waals surface area (Å²) in [5.74, 6) is 0. The Morgan fingerprint density at radius 3 is 2.18 bits per heavy atom. The van der Waals surface area contributed by atoms with Crippen LogP contribution in [0.5, 0.6) is 0 Å². The molecular formula is C12H25F3N2. The second-order valence-corrected chi connectivity index (χ2v) is 4.41. The third kappa shape index (κ3) is 9.41. The molecule has 0 amide bonds. The Labute approximate surface area is 103 Å². The van der Waals surface area contributed by atoms with E-state index in [1.54, 1.807) is 0 Å². The van der Waals surface area contributed by atoms with Crippen molar-refractivity contribution in [3.05, 3.63) is 0 Å². The average molecular weight is 254 g/mol. The second kappa shape index (κ2) is 8.75. The highest BCUT2D eigenvalue weighted by atomic mass is 19.4. The van der Waals surface area contributed by atoms with E-state index in [2.05, 4.69) is 12.2 Å². The third-order valence-corrected chi connectivity index (χ3v) is 2.60. The van der Waals surface area contributed by atoms with Gasteiger partial charge in [0.15, 0.2) is 0 Å². The van der Waals surface area contributed by atoms with Crippen LogP contribution >= 0.6 is 0 Å². The fourth-order valence-corrected chi connectivity index (χ4v) is 1.80. The van der Waals surface area contributed by atoms with Gasteiger partial charge in [0.25, 0.3) is 0 Å². The van der Waals surface area contributed by atoms with Crippen LogP contribution in [0.2, 0.25) is 0 Å². The normalized spacial score (nSPS) is 14.3. The minimum absolute atomic E-state index is 0.156. The summed E-state index contributed by atoms with van der Waals surface area (Å²) in [4.78, 5) is 1.50. The number of nitrogens with one attached hydrogen (secondary N) is 1. The Morgan fingerprint density at radius 1 is 1.12 bits per heavy atom. The quantitative estimate of drug-likeness (QED) is 0.680. The number of hydrogen-bond donors (Lipinski definition) is 1. The first-order chi connectivity index (χ1) is 7.92. The lowest BCUT2D eigenvalue weighted by atomic mass is 10.2. The number of nitrogens with zero attached hydrogens (tertiary/aromatic N) is 1. The first-order valence-electron chi connectivity index (χ1n) is 6.45. The van der Waals surface area contributed by atoms with Gasteiger partial charge in [-0.05, 0) is 32.4 Å². The van der Waals surface area contributed by atoms with Gasteiger partial charge in [0.1, 0.15) is 0 Å². The van der Waals surface area contributed by atoms with Crippen molar-refractivity contribution in [2.75, 3.05) is 26.2 Å². The van der Waals surface area contributed by atoms with Gasteiger partial charge >= 0.3 is 6.18 Å². The van der Waals surface area contributed by atoms with Gasteiger partial charge in [-0.2, -0.15) is 13.2 Å². The summed E-state index contributed by atoms with van der Waals surface area (Å²) in [5.41, 5.74) is 0. The van der Waals surface area contributed by atoms with Gasteiger partial charge in [0.05, 0.1) is 6.54 Å². The molecule has 1 N–H and O–H groups in total. The lowest BCUT2D eigenvalue weighted by Gasteiger charge is -2.28. The van der Waals surface area contributed by atoms with E-state index in [4.69, 9.17) is 0 Å². The van der Waals surface area contributed by atoms with Gasteiger partial charge < -0.3 is 5.32 Å². The molecule has 0 aromatic carbocycles. The van der Waals surface area contributed by atoms with E-state index in [0.717, 1.165) is 25.8 Å². The standard InChI is InChI=1S/C12H25F3N2/c1-4-7-16-11(6-3)9-17(8-5-2)10-12(13,14)15/h11,16H,4-10H2,1-3H3. The van der Waals surface area contributed by atoms with Gasteiger partial charge in [-0.25, -0.2) is 0 Å². The molecule has 0 bridgehead atoms. The van der Waals surface area contributed by atoms with Crippen molar-refractivity contribution in [2.45, 2.75) is 52.3 Å². The van der Waals surface area contributed by atoms with Crippen molar-refractivity contribution >= 4 is 0 Å². The highest BCUT2D eigenvalue weighted by Gasteiger charge is 2.30. The molecule has 0 aliphatic carbocycles. The maximum atomic E-state index is 12.4. The van der Waals surface area contributed by atoms with E-state index in [0.29, 0.717) is 13.1 Å². The van der Waals surface area contributed by atoms with E-state index < -0.39 is 12.7 Å². The lowest BCUT2D eigenvalue weighted by molar-refractivity contribution is -0.146. The van der Waals surface area contributed by atoms with E-state index in [1.807, 2.05) is 13.8 Å². The molecule has 17 heavy (non-hydrogen) atoms. The van der Waals surface area contributed by atoms with Gasteiger partial charge in [-0.15, -0.1) is 0 Å². The van der Waals surface area contributed by atoms with Crippen LogP contribution < -0.4 is 5.32 Å². The van der Waals surface area contributed by atoms with Crippen LogP contribution in [0.3, 0.4) is 0 Å². The van der Waals surface area contributed by atoms with Crippen LogP contribution in [0.15, 0.2) is 0 Å². The Bertz CT molecular complexity index is 183. The summed E-state index contributed by atoms with van der Waals surface area (Å²) in [6.07, 6.45) is -1.49. The second-order valence-electron chi connectivity index (χ2n) is 4.41. The average Bonchev–Trinajstić information content (AvgIpc) is 2.22. The summed E-state index contributed by atoms with van der Waals surface area (Å²) in [6.45, 7) is 7.01. The molecule has 0 saturated carbocycles. The van der Waals surface area contributed by atoms with Crippen molar-refractivity contribution in [3.63, 3.8) is 0 Å². The molecule has 5 heteroatoms. The number of hydrogen-bond acceptors (Lipinski definition) is 2. The Morgan fingerprint density at radius 2 is 1.76 bits per heavy atom. The number of alkyl halides is 3. The smallest absolute Gasteiger partial charge is 0.313 e. The largest absolute Gasteiger partial charge is 0.401 e. The van der Waals surface area contributed by atoms with Crippen molar-refractivity contribution in [1.29, 1.82) is 0 Å². The van der Waals surface area contributed by atoms with Crippen molar-refractivity contribution in [2.24, 2.45) is 0 Å². The zero-order valence-corrected chi connectivity index (χ0v) is 11.1. The van der Waals surface area contributed by atoms with Gasteiger partial charge in [-0.3, -0.25) is 4.90 Å². The molecule has 2 nitrogen and oxygen atoms in total. The highest BCUT2D eigenvalue weighted by molar-refractivity contribution is 4.72. The summed E-state index contributed by atoms with van der Waals surface area (Å²) >= 11 is 0. The van der Waals surface area contributed by atoms with Crippen LogP contribution in [-0.2, 0) is 0 Å². The predicted molar refractivity (Wildman–Crippen MR) is 65.2 cm³/mol. The van der Waals surface area contributed by atoms with Crippen molar-refractivity contribution in [1.82, 2.24) is 10.2 Å². The van der Waals surface area contributed by atoms with Crippen LogP contribution in [0.4, 0.5) is 13.2 Å². The molecular weight excluding hydrogens is 229 g/mol. The molecule has 0 aliphatic heterocycles. The molecule has 0 heterocycles. The van der Waals surface area contributed by atoms with Crippen LogP contribution in [0.1, 0.15) is 40.0 Å². The molecule has 0 aromatic heterocycles. The minimum atomic E-state index is -4.10. The SMILES string of the molecule is CCCNC(CC)CN(CCC)CC(F)(F)F. The van der Waals surface area contributed by atoms with Crippen LogP contribution in [0.25, 0.3) is 0 Å². The van der Waals surface area contributed by atoms with E-state index in [-0.39, 0.29) is 6.04 Å². The zero-order chi connectivity index (χ0) is 13.3. The lowest BCUT2D eigenvalue weighted by Crippen LogP contribution is -2.44. The molecule has 0 aromatic rings. The van der Waals surface area contributed by atoms with E-state index in [9.17, 15) is 13.2 Å². The number of halogens is 3. The molecule has 0 rings (SSSR count). The molecule has 0 fully saturated rings. The summed E-state index contributed by atoms with van der Waals surface area (Å²) in [7, 11) is 0. The number of rotatable bonds is 9. The van der Waals surface area contributed by atoms with Crippen LogP contribution in [0, 0.1) is 0 Å². The third-order valence-electron chi connectivity index (χ3n) is 2.60. The fraction of sp³-hybridized carbons (Fsp3) is 1.00. The van der Waals surface area contributed by atoms with E-state index >= 15 is 0 Å². The maximum absolute atomic E-state index is 12.4. The Hall–Kier alpha value is -0.290. The fourth-order valence-electron chi connectivity index (χ4n) is 1.80. The summed E-state index contributed by atoms with van der Waals surface area (Å²) in [5, 5.41) is 3.28. The molecule has 0 saturated heterocycles. The van der Waals surface area contributed by atoms with Crippen molar-refractivity contribution < 1.29 is 13.2 Å². The topological polar surface area (TPSA) is 15.3 Å². The van der Waals surface area contributed by atoms with Gasteiger partial charge in [-0.1, -0.05) is 20.8 Å². The van der Waals surface area contributed by atoms with Gasteiger partial charge in [0.2, 0.25) is 0 Å². The summed E-state index contributed by atoms with van der Waals surface area (Å²) < 4.78 is 37.1. The van der Waals surface area contributed by atoms with Gasteiger partial charge in [0, 0.05) is 12.6 Å². The predicted octanol–water partition coefficient (Wildman–Crippen LogP) is 3.04. The monoisotopic (exact) mass is 254 g/mol. The Kier molecular flexibility index (Phi) is 8.60.